The van der Waals surface area contributed by atoms with Crippen molar-refractivity contribution in [2.45, 2.75) is 71.2 Å². The quantitative estimate of drug-likeness (QED) is 0.642. The van der Waals surface area contributed by atoms with Crippen molar-refractivity contribution in [1.82, 2.24) is 4.90 Å². The molecule has 1 aliphatic carbocycles. The van der Waals surface area contributed by atoms with Crippen LogP contribution in [-0.2, 0) is 22.5 Å². The third-order valence-corrected chi connectivity index (χ3v) is 7.07. The molecule has 1 amide bonds. The highest BCUT2D eigenvalue weighted by Gasteiger charge is 2.48. The molecule has 0 aromatic heterocycles. The van der Waals surface area contributed by atoms with Gasteiger partial charge in [0.2, 0.25) is 0 Å². The van der Waals surface area contributed by atoms with Gasteiger partial charge in [-0.15, -0.1) is 0 Å². The smallest absolute Gasteiger partial charge is 0.410 e. The number of methoxy groups -OCH3 is 1. The number of piperidine rings is 1. The Morgan fingerprint density at radius 2 is 1.80 bits per heavy atom. The minimum absolute atomic E-state index is 0.214. The average molecular weight is 435 g/mol. The first kappa shape index (κ1) is 22.9. The van der Waals surface area contributed by atoms with Crippen LogP contribution in [0.1, 0.15) is 65.5 Å². The molecule has 30 heavy (non-hydrogen) atoms. The summed E-state index contributed by atoms with van der Waals surface area (Å²) in [4.78, 5) is 14.3. The van der Waals surface area contributed by atoms with Crippen molar-refractivity contribution in [3.8, 4) is 5.75 Å². The van der Waals surface area contributed by atoms with Crippen molar-refractivity contribution < 1.29 is 18.8 Å². The Bertz CT molecular complexity index is 831. The third kappa shape index (κ3) is 4.78. The molecule has 1 spiro atoms. The fourth-order valence-electron chi connectivity index (χ4n) is 4.03. The van der Waals surface area contributed by atoms with Gasteiger partial charge < -0.3 is 18.9 Å². The van der Waals surface area contributed by atoms with E-state index in [1.54, 1.807) is 12.0 Å². The van der Waals surface area contributed by atoms with Gasteiger partial charge in [-0.25, -0.2) is 4.79 Å². The van der Waals surface area contributed by atoms with Crippen molar-refractivity contribution in [2.24, 2.45) is 9.81 Å². The van der Waals surface area contributed by atoms with Gasteiger partial charge in [0.05, 0.1) is 7.11 Å². The van der Waals surface area contributed by atoms with Crippen molar-refractivity contribution in [2.75, 3.05) is 20.2 Å². The zero-order valence-electron chi connectivity index (χ0n) is 19.2. The monoisotopic (exact) mass is 434 g/mol. The minimum Gasteiger partial charge on any atom is -0.591 e. The van der Waals surface area contributed by atoms with E-state index in [9.17, 15) is 9.35 Å². The lowest BCUT2D eigenvalue weighted by Crippen LogP contribution is -2.47. The highest BCUT2D eigenvalue weighted by Crippen LogP contribution is 2.46. The summed E-state index contributed by atoms with van der Waals surface area (Å²) in [6.07, 6.45) is 2.08. The Labute approximate surface area is 183 Å². The first-order valence-electron chi connectivity index (χ1n) is 10.5. The van der Waals surface area contributed by atoms with Crippen LogP contribution in [0.2, 0.25) is 0 Å². The topological polar surface area (TPSA) is 74.2 Å². The maximum Gasteiger partial charge on any atom is 0.410 e. The molecule has 1 fully saturated rings. The van der Waals surface area contributed by atoms with E-state index < -0.39 is 21.7 Å². The van der Waals surface area contributed by atoms with Crippen LogP contribution >= 0.6 is 0 Å². The molecule has 0 saturated carbocycles. The summed E-state index contributed by atoms with van der Waals surface area (Å²) in [5.41, 5.74) is 2.41. The van der Waals surface area contributed by atoms with Crippen molar-refractivity contribution >= 4 is 23.2 Å². The Morgan fingerprint density at radius 1 is 1.17 bits per heavy atom. The normalized spacial score (nSPS) is 20.9. The number of carbonyl (C=O) groups excluding carboxylic acids is 1. The van der Waals surface area contributed by atoms with E-state index in [0.717, 1.165) is 36.3 Å². The fraction of sp³-hybridized carbons (Fsp3) is 0.652. The molecule has 1 aromatic carbocycles. The van der Waals surface area contributed by atoms with Gasteiger partial charge in [-0.3, -0.25) is 0 Å². The Morgan fingerprint density at radius 3 is 2.33 bits per heavy atom. The molecule has 0 N–H and O–H groups in total. The van der Waals surface area contributed by atoms with Gasteiger partial charge in [0.25, 0.3) is 0 Å². The van der Waals surface area contributed by atoms with Crippen LogP contribution in [0, 0.1) is 5.41 Å². The molecule has 3 rings (SSSR count). The SMILES string of the molecule is COc1ccc2c(c1)CC1(CCN(C(=O)OC(C)(C)C)CC1)/C2=N/[S@+]([O-])C(C)(C)C. The molecular weight excluding hydrogens is 400 g/mol. The molecular formula is C23H34N2O4S. The lowest BCUT2D eigenvalue weighted by Gasteiger charge is -2.39. The Kier molecular flexibility index (Phi) is 6.18. The second-order valence-electron chi connectivity index (χ2n) is 10.2. The molecule has 1 heterocycles. The van der Waals surface area contributed by atoms with Crippen molar-refractivity contribution in [3.05, 3.63) is 29.3 Å². The number of fused-ring (bicyclic) bond motifs is 1. The standard InChI is InChI=1S/C23H34N2O4S/c1-21(2,3)29-20(26)25-12-10-23(11-13-25)15-16-14-17(28-7)8-9-18(16)19(23)24-30(27)22(4,5)6/h8-9,14H,10-13,15H2,1-7H3/b24-19+/t30-/m1/s1. The fourth-order valence-corrected chi connectivity index (χ4v) is 4.76. The van der Waals surface area contributed by atoms with Crippen molar-refractivity contribution in [3.63, 3.8) is 0 Å². The summed E-state index contributed by atoms with van der Waals surface area (Å²) in [7, 11) is 1.66. The molecule has 2 aliphatic rings. The summed E-state index contributed by atoms with van der Waals surface area (Å²) < 4.78 is 28.2. The van der Waals surface area contributed by atoms with E-state index in [4.69, 9.17) is 13.9 Å². The van der Waals surface area contributed by atoms with E-state index in [1.165, 1.54) is 5.56 Å². The lowest BCUT2D eigenvalue weighted by molar-refractivity contribution is 0.0159. The minimum atomic E-state index is -1.35. The summed E-state index contributed by atoms with van der Waals surface area (Å²) in [6.45, 7) is 12.7. The zero-order chi connectivity index (χ0) is 22.3. The highest BCUT2D eigenvalue weighted by molar-refractivity contribution is 7.91. The maximum absolute atomic E-state index is 12.9. The molecule has 166 valence electrons. The number of nitrogens with zero attached hydrogens (tertiary/aromatic N) is 2. The van der Waals surface area contributed by atoms with E-state index in [2.05, 4.69) is 6.07 Å². The predicted octanol–water partition coefficient (Wildman–Crippen LogP) is 4.52. The number of benzene rings is 1. The van der Waals surface area contributed by atoms with Crippen LogP contribution in [-0.4, -0.2) is 51.8 Å². The molecule has 1 atom stereocenters. The molecule has 0 unspecified atom stereocenters. The maximum atomic E-state index is 12.9. The average Bonchev–Trinajstić information content (AvgIpc) is 2.92. The molecule has 6 nitrogen and oxygen atoms in total. The van der Waals surface area contributed by atoms with Gasteiger partial charge in [0, 0.05) is 24.1 Å². The molecule has 0 bridgehead atoms. The van der Waals surface area contributed by atoms with Gasteiger partial charge in [0.15, 0.2) is 0 Å². The number of ether oxygens (including phenoxy) is 2. The van der Waals surface area contributed by atoms with E-state index in [-0.39, 0.29) is 11.5 Å². The largest absolute Gasteiger partial charge is 0.591 e. The summed E-state index contributed by atoms with van der Waals surface area (Å²) >= 11 is -1.35. The van der Waals surface area contributed by atoms with E-state index in [0.29, 0.717) is 13.1 Å². The molecule has 1 aliphatic heterocycles. The number of hydrogen-bond donors (Lipinski definition) is 0. The van der Waals surface area contributed by atoms with Gasteiger partial charge in [0.1, 0.15) is 33.2 Å². The van der Waals surface area contributed by atoms with Crippen LogP contribution < -0.4 is 4.74 Å². The zero-order valence-corrected chi connectivity index (χ0v) is 20.0. The number of amides is 1. The Balaban J connectivity index is 1.89. The van der Waals surface area contributed by atoms with Crippen LogP contribution in [0.25, 0.3) is 0 Å². The third-order valence-electron chi connectivity index (χ3n) is 5.67. The molecule has 7 heteroatoms. The van der Waals surface area contributed by atoms with Crippen LogP contribution in [0.3, 0.4) is 0 Å². The van der Waals surface area contributed by atoms with Crippen molar-refractivity contribution in [1.29, 1.82) is 0 Å². The van der Waals surface area contributed by atoms with E-state index >= 15 is 0 Å². The van der Waals surface area contributed by atoms with Gasteiger partial charge in [-0.1, -0.05) is 4.40 Å². The van der Waals surface area contributed by atoms with Gasteiger partial charge >= 0.3 is 6.09 Å². The van der Waals surface area contributed by atoms with Crippen LogP contribution in [0.15, 0.2) is 22.6 Å². The lowest BCUT2D eigenvalue weighted by atomic mass is 9.74. The first-order valence-corrected chi connectivity index (χ1v) is 11.6. The number of hydrogen-bond acceptors (Lipinski definition) is 5. The molecule has 1 aromatic rings. The summed E-state index contributed by atoms with van der Waals surface area (Å²) in [5.74, 6) is 0.813. The first-order chi connectivity index (χ1) is 13.8. The van der Waals surface area contributed by atoms with Gasteiger partial charge in [-0.05, 0) is 84.6 Å². The summed E-state index contributed by atoms with van der Waals surface area (Å²) in [6, 6.07) is 6.02. The van der Waals surface area contributed by atoms with Crippen LogP contribution in [0.5, 0.6) is 5.75 Å². The highest BCUT2D eigenvalue weighted by atomic mass is 32.2. The van der Waals surface area contributed by atoms with Crippen LogP contribution in [0.4, 0.5) is 4.79 Å². The molecule has 1 saturated heterocycles. The predicted molar refractivity (Wildman–Crippen MR) is 121 cm³/mol. The number of rotatable bonds is 2. The second kappa shape index (κ2) is 8.08. The summed E-state index contributed by atoms with van der Waals surface area (Å²) in [5, 5.41) is 0. The number of likely N-dealkylation sites (tertiary alicyclic amines) is 1. The number of carbonyl (C=O) groups is 1. The van der Waals surface area contributed by atoms with Gasteiger partial charge in [-0.2, -0.15) is 0 Å². The molecule has 0 radical (unpaired) electrons. The van der Waals surface area contributed by atoms with E-state index in [1.807, 2.05) is 53.7 Å². The second-order valence-corrected chi connectivity index (χ2v) is 12.2. The Hall–Kier alpha value is -1.73.